The van der Waals surface area contributed by atoms with Crippen molar-refractivity contribution in [3.8, 4) is 0 Å². The third-order valence-corrected chi connectivity index (χ3v) is 9.46. The quantitative estimate of drug-likeness (QED) is 0.0202. The fourth-order valence-electron chi connectivity index (χ4n) is 6.02. The van der Waals surface area contributed by atoms with Gasteiger partial charge in [0.05, 0.1) is 0 Å². The van der Waals surface area contributed by atoms with Crippen LogP contribution in [0.2, 0.25) is 0 Å². The van der Waals surface area contributed by atoms with Crippen molar-refractivity contribution in [1.29, 1.82) is 0 Å². The molecule has 0 aliphatic heterocycles. The Morgan fingerprint density at radius 3 is 1.26 bits per heavy atom. The van der Waals surface area contributed by atoms with Gasteiger partial charge in [-0.2, -0.15) is 0 Å². The second-order valence-corrected chi connectivity index (χ2v) is 15.0. The summed E-state index contributed by atoms with van der Waals surface area (Å²) in [5, 5.41) is 0. The highest BCUT2D eigenvalue weighted by Gasteiger charge is 2.19. The number of allylic oxidation sites excluding steroid dienone is 16. The van der Waals surface area contributed by atoms with Crippen LogP contribution in [0.5, 0.6) is 0 Å². The average molecular weight is 805 g/mol. The molecule has 0 radical (unpaired) electrons. The maximum absolute atomic E-state index is 12.7. The van der Waals surface area contributed by atoms with E-state index >= 15 is 0 Å². The number of unbranched alkanes of at least 4 members (excludes halogenated alkanes) is 17. The highest BCUT2D eigenvalue weighted by molar-refractivity contribution is 5.71. The Bertz CT molecular complexity index is 1200. The van der Waals surface area contributed by atoms with Crippen LogP contribution in [0.4, 0.5) is 0 Å². The van der Waals surface area contributed by atoms with Gasteiger partial charge in [0.25, 0.3) is 0 Å². The van der Waals surface area contributed by atoms with Crippen LogP contribution in [0.15, 0.2) is 97.2 Å². The number of hydrogen-bond acceptors (Lipinski definition) is 6. The SMILES string of the molecule is CC\C=C/C=C\C=C/C=C\C=C/CCCC(=O)OC(COC(=O)CCC/C=C\C/C=C\C/C=C\CC)COC(=O)CCCCCCCCCCCCCCCCCC. The molecule has 0 saturated carbocycles. The first-order chi connectivity index (χ1) is 28.5. The van der Waals surface area contributed by atoms with E-state index in [1.807, 2.05) is 54.7 Å². The molecule has 0 spiro atoms. The van der Waals surface area contributed by atoms with Crippen molar-refractivity contribution >= 4 is 17.9 Å². The minimum absolute atomic E-state index is 0.122. The summed E-state index contributed by atoms with van der Waals surface area (Å²) in [6, 6.07) is 0. The van der Waals surface area contributed by atoms with E-state index < -0.39 is 12.1 Å². The van der Waals surface area contributed by atoms with Crippen LogP contribution >= 0.6 is 0 Å². The number of carbonyl (C=O) groups is 3. The molecule has 328 valence electrons. The highest BCUT2D eigenvalue weighted by atomic mass is 16.6. The van der Waals surface area contributed by atoms with E-state index in [2.05, 4.69) is 63.3 Å². The van der Waals surface area contributed by atoms with E-state index in [1.165, 1.54) is 83.5 Å². The lowest BCUT2D eigenvalue weighted by Crippen LogP contribution is -2.30. The summed E-state index contributed by atoms with van der Waals surface area (Å²) < 4.78 is 16.6. The molecule has 0 heterocycles. The van der Waals surface area contributed by atoms with Crippen LogP contribution in [0.25, 0.3) is 0 Å². The average Bonchev–Trinajstić information content (AvgIpc) is 3.22. The summed E-state index contributed by atoms with van der Waals surface area (Å²) >= 11 is 0. The maximum Gasteiger partial charge on any atom is 0.306 e. The van der Waals surface area contributed by atoms with Gasteiger partial charge in [-0.15, -0.1) is 0 Å². The number of carbonyl (C=O) groups excluding carboxylic acids is 3. The fourth-order valence-corrected chi connectivity index (χ4v) is 6.02. The Morgan fingerprint density at radius 1 is 0.379 bits per heavy atom. The Morgan fingerprint density at radius 2 is 0.759 bits per heavy atom. The highest BCUT2D eigenvalue weighted by Crippen LogP contribution is 2.14. The molecule has 0 aliphatic carbocycles. The van der Waals surface area contributed by atoms with Crippen molar-refractivity contribution in [2.45, 2.75) is 200 Å². The number of ether oxygens (including phenoxy) is 3. The first kappa shape index (κ1) is 54.3. The van der Waals surface area contributed by atoms with Crippen LogP contribution in [0.1, 0.15) is 194 Å². The van der Waals surface area contributed by atoms with Crippen molar-refractivity contribution < 1.29 is 28.6 Å². The van der Waals surface area contributed by atoms with Crippen molar-refractivity contribution in [3.05, 3.63) is 97.2 Å². The van der Waals surface area contributed by atoms with Gasteiger partial charge < -0.3 is 14.2 Å². The molecule has 0 amide bonds. The molecule has 0 N–H and O–H groups in total. The van der Waals surface area contributed by atoms with Gasteiger partial charge in [0.2, 0.25) is 0 Å². The van der Waals surface area contributed by atoms with Crippen molar-refractivity contribution in [3.63, 3.8) is 0 Å². The summed E-state index contributed by atoms with van der Waals surface area (Å²) in [5.74, 6) is -1.06. The molecule has 6 heteroatoms. The van der Waals surface area contributed by atoms with Crippen LogP contribution in [0, 0.1) is 0 Å². The van der Waals surface area contributed by atoms with Gasteiger partial charge in [0, 0.05) is 19.3 Å². The molecular weight excluding hydrogens is 721 g/mol. The van der Waals surface area contributed by atoms with E-state index in [4.69, 9.17) is 14.2 Å². The number of rotatable bonds is 40. The molecule has 0 rings (SSSR count). The topological polar surface area (TPSA) is 78.9 Å². The predicted octanol–water partition coefficient (Wildman–Crippen LogP) is 15.0. The molecular formula is C52H84O6. The van der Waals surface area contributed by atoms with E-state index in [1.54, 1.807) is 0 Å². The Labute approximate surface area is 356 Å². The third kappa shape index (κ3) is 43.5. The molecule has 0 aliphatic rings. The first-order valence-corrected chi connectivity index (χ1v) is 23.3. The zero-order valence-electron chi connectivity index (χ0n) is 37.3. The zero-order valence-corrected chi connectivity index (χ0v) is 37.3. The molecule has 0 bridgehead atoms. The van der Waals surface area contributed by atoms with E-state index in [-0.39, 0.29) is 38.0 Å². The van der Waals surface area contributed by atoms with E-state index in [0.717, 1.165) is 57.8 Å². The molecule has 6 nitrogen and oxygen atoms in total. The van der Waals surface area contributed by atoms with Gasteiger partial charge in [0.1, 0.15) is 13.2 Å². The molecule has 1 unspecified atom stereocenters. The number of hydrogen-bond donors (Lipinski definition) is 0. The number of esters is 3. The summed E-state index contributed by atoms with van der Waals surface area (Å²) in [6.45, 7) is 6.25. The Balaban J connectivity index is 4.51. The molecule has 0 saturated heterocycles. The fraction of sp³-hybridized carbons (Fsp3) is 0.635. The standard InChI is InChI=1S/C52H84O6/c1-4-7-10-13-16-19-22-24-25-26-28-30-33-36-39-42-45-51(54)57-48-49(47-56-50(53)44-41-38-35-32-29-21-18-15-12-9-6-3)58-52(55)46-43-40-37-34-31-27-23-20-17-14-11-8-5-2/h8-9,11-12,14,17-18,20-21,23,27,31-32,34-35,37,49H,4-7,10,13,15-16,19,22,24-26,28-30,33,36,38-48H2,1-3H3/b11-8-,12-9-,17-14-,21-18-,23-20-,31-27-,35-32-,37-34-. The molecule has 1 atom stereocenters. The first-order valence-electron chi connectivity index (χ1n) is 23.3. The van der Waals surface area contributed by atoms with Crippen LogP contribution < -0.4 is 0 Å². The second kappa shape index (κ2) is 46.0. The van der Waals surface area contributed by atoms with E-state index in [0.29, 0.717) is 19.3 Å². The molecule has 0 fully saturated rings. The minimum Gasteiger partial charge on any atom is -0.462 e. The Kier molecular flexibility index (Phi) is 43.1. The monoisotopic (exact) mass is 805 g/mol. The smallest absolute Gasteiger partial charge is 0.306 e. The van der Waals surface area contributed by atoms with Gasteiger partial charge in [-0.05, 0) is 57.8 Å². The summed E-state index contributed by atoms with van der Waals surface area (Å²) in [7, 11) is 0. The van der Waals surface area contributed by atoms with Crippen molar-refractivity contribution in [1.82, 2.24) is 0 Å². The summed E-state index contributed by atoms with van der Waals surface area (Å²) in [6.07, 6.45) is 59.8. The lowest BCUT2D eigenvalue weighted by Gasteiger charge is -2.18. The van der Waals surface area contributed by atoms with Gasteiger partial charge in [-0.1, -0.05) is 214 Å². The lowest BCUT2D eigenvalue weighted by molar-refractivity contribution is -0.167. The van der Waals surface area contributed by atoms with Crippen LogP contribution in [0.3, 0.4) is 0 Å². The molecule has 0 aromatic rings. The predicted molar refractivity (Wildman–Crippen MR) is 247 cm³/mol. The van der Waals surface area contributed by atoms with Crippen molar-refractivity contribution in [2.75, 3.05) is 13.2 Å². The molecule has 58 heavy (non-hydrogen) atoms. The van der Waals surface area contributed by atoms with Gasteiger partial charge >= 0.3 is 17.9 Å². The normalized spacial score (nSPS) is 12.9. The van der Waals surface area contributed by atoms with Crippen LogP contribution in [-0.4, -0.2) is 37.2 Å². The van der Waals surface area contributed by atoms with Gasteiger partial charge in [-0.25, -0.2) is 0 Å². The lowest BCUT2D eigenvalue weighted by atomic mass is 10.0. The largest absolute Gasteiger partial charge is 0.462 e. The Hall–Kier alpha value is -3.67. The maximum atomic E-state index is 12.7. The molecule has 0 aromatic heterocycles. The summed E-state index contributed by atoms with van der Waals surface area (Å²) in [5.41, 5.74) is 0. The summed E-state index contributed by atoms with van der Waals surface area (Å²) in [4.78, 5) is 37.7. The van der Waals surface area contributed by atoms with Crippen molar-refractivity contribution in [2.24, 2.45) is 0 Å². The van der Waals surface area contributed by atoms with E-state index in [9.17, 15) is 14.4 Å². The third-order valence-electron chi connectivity index (χ3n) is 9.46. The van der Waals surface area contributed by atoms with Gasteiger partial charge in [0.15, 0.2) is 6.10 Å². The zero-order chi connectivity index (χ0) is 42.3. The second-order valence-electron chi connectivity index (χ2n) is 15.0. The van der Waals surface area contributed by atoms with Crippen LogP contribution in [-0.2, 0) is 28.6 Å². The molecule has 0 aromatic carbocycles. The van der Waals surface area contributed by atoms with Gasteiger partial charge in [-0.3, -0.25) is 14.4 Å². The minimum atomic E-state index is -0.832.